The Hall–Kier alpha value is -0.550. The maximum absolute atomic E-state index is 8.88. The molecule has 0 amide bonds. The van der Waals surface area contributed by atoms with Gasteiger partial charge in [-0.3, -0.25) is 0 Å². The Kier molecular flexibility index (Phi) is 2.06. The van der Waals surface area contributed by atoms with Crippen molar-refractivity contribution in [1.29, 1.82) is 5.26 Å². The highest BCUT2D eigenvalue weighted by atomic mass is 16.5. The second kappa shape index (κ2) is 3.06. The Labute approximate surface area is 73.5 Å². The van der Waals surface area contributed by atoms with Crippen LogP contribution in [0.5, 0.6) is 0 Å². The fraction of sp³-hybridized carbons (Fsp3) is 0.900. The normalized spacial score (nSPS) is 32.4. The number of rotatable bonds is 2. The summed E-state index contributed by atoms with van der Waals surface area (Å²) in [7, 11) is 0. The first-order valence-corrected chi connectivity index (χ1v) is 4.88. The van der Waals surface area contributed by atoms with Gasteiger partial charge in [-0.25, -0.2) is 0 Å². The lowest BCUT2D eigenvalue weighted by Crippen LogP contribution is -2.22. The van der Waals surface area contributed by atoms with E-state index in [9.17, 15) is 0 Å². The number of nitriles is 1. The van der Waals surface area contributed by atoms with Gasteiger partial charge >= 0.3 is 0 Å². The maximum Gasteiger partial charge on any atom is 0.0690 e. The molecule has 0 aromatic heterocycles. The molecule has 1 saturated carbocycles. The molecule has 0 N–H and O–H groups in total. The van der Waals surface area contributed by atoms with Crippen LogP contribution in [0.4, 0.5) is 0 Å². The largest absolute Gasteiger partial charge is 0.378 e. The highest BCUT2D eigenvalue weighted by Gasteiger charge is 2.45. The average molecular weight is 165 g/mol. The van der Waals surface area contributed by atoms with Crippen molar-refractivity contribution in [1.82, 2.24) is 0 Å². The zero-order valence-corrected chi connectivity index (χ0v) is 7.38. The van der Waals surface area contributed by atoms with Crippen LogP contribution in [0.15, 0.2) is 0 Å². The van der Waals surface area contributed by atoms with E-state index in [2.05, 4.69) is 6.07 Å². The van der Waals surface area contributed by atoms with Crippen LogP contribution in [0.25, 0.3) is 0 Å². The van der Waals surface area contributed by atoms with Crippen LogP contribution >= 0.6 is 0 Å². The second-order valence-corrected chi connectivity index (χ2v) is 4.08. The van der Waals surface area contributed by atoms with E-state index in [-0.39, 0.29) is 5.41 Å². The van der Waals surface area contributed by atoms with Crippen molar-refractivity contribution in [2.24, 2.45) is 5.41 Å². The molecule has 1 heterocycles. The Bertz CT molecular complexity index is 196. The Morgan fingerprint density at radius 1 is 1.42 bits per heavy atom. The molecule has 0 aromatic rings. The molecular weight excluding hydrogens is 150 g/mol. The zero-order chi connectivity index (χ0) is 8.44. The Balaban J connectivity index is 1.82. The van der Waals surface area contributed by atoms with Gasteiger partial charge in [0.25, 0.3) is 0 Å². The van der Waals surface area contributed by atoms with E-state index < -0.39 is 0 Å². The van der Waals surface area contributed by atoms with Crippen LogP contribution in [-0.2, 0) is 4.74 Å². The van der Waals surface area contributed by atoms with Gasteiger partial charge in [0, 0.05) is 6.61 Å². The molecule has 12 heavy (non-hydrogen) atoms. The quantitative estimate of drug-likeness (QED) is 0.628. The summed E-state index contributed by atoms with van der Waals surface area (Å²) < 4.78 is 5.60. The molecule has 1 aliphatic carbocycles. The minimum absolute atomic E-state index is 0.0298. The van der Waals surface area contributed by atoms with Gasteiger partial charge in [-0.15, -0.1) is 0 Å². The lowest BCUT2D eigenvalue weighted by atomic mass is 9.96. The van der Waals surface area contributed by atoms with E-state index in [1.807, 2.05) is 0 Å². The molecule has 1 aliphatic heterocycles. The summed E-state index contributed by atoms with van der Waals surface area (Å²) in [6.45, 7) is 0.909. The summed E-state index contributed by atoms with van der Waals surface area (Å²) in [5.41, 5.74) is 0.0298. The van der Waals surface area contributed by atoms with Gasteiger partial charge < -0.3 is 4.74 Å². The highest BCUT2D eigenvalue weighted by Crippen LogP contribution is 2.49. The van der Waals surface area contributed by atoms with Gasteiger partial charge in [-0.1, -0.05) is 0 Å². The van der Waals surface area contributed by atoms with Crippen LogP contribution in [0.3, 0.4) is 0 Å². The first-order valence-electron chi connectivity index (χ1n) is 4.88. The summed E-state index contributed by atoms with van der Waals surface area (Å²) in [6.07, 6.45) is 7.24. The molecule has 1 saturated heterocycles. The maximum atomic E-state index is 8.88. The van der Waals surface area contributed by atoms with Crippen LogP contribution in [0, 0.1) is 16.7 Å². The SMILES string of the molecule is N#CC1(CC2CCCCO2)CC1. The monoisotopic (exact) mass is 165 g/mol. The van der Waals surface area contributed by atoms with Gasteiger partial charge in [-0.2, -0.15) is 5.26 Å². The lowest BCUT2D eigenvalue weighted by molar-refractivity contribution is 0.00333. The molecule has 0 aromatic carbocycles. The van der Waals surface area contributed by atoms with Crippen LogP contribution in [0.2, 0.25) is 0 Å². The Morgan fingerprint density at radius 3 is 2.75 bits per heavy atom. The van der Waals surface area contributed by atoms with Crippen molar-refractivity contribution in [3.8, 4) is 6.07 Å². The molecule has 1 unspecified atom stereocenters. The fourth-order valence-electron chi connectivity index (χ4n) is 1.92. The second-order valence-electron chi connectivity index (χ2n) is 4.08. The molecule has 2 rings (SSSR count). The molecule has 1 atom stereocenters. The number of ether oxygens (including phenoxy) is 1. The third-order valence-electron chi connectivity index (χ3n) is 2.98. The van der Waals surface area contributed by atoms with E-state index in [1.165, 1.54) is 19.3 Å². The number of hydrogen-bond acceptors (Lipinski definition) is 2. The molecule has 2 heteroatoms. The van der Waals surface area contributed by atoms with Crippen molar-refractivity contribution in [3.63, 3.8) is 0 Å². The molecule has 0 bridgehead atoms. The summed E-state index contributed by atoms with van der Waals surface area (Å²) in [5.74, 6) is 0. The van der Waals surface area contributed by atoms with E-state index in [0.29, 0.717) is 6.10 Å². The van der Waals surface area contributed by atoms with Gasteiger partial charge in [0.1, 0.15) is 0 Å². The van der Waals surface area contributed by atoms with Crippen molar-refractivity contribution in [3.05, 3.63) is 0 Å². The standard InChI is InChI=1S/C10H15NO/c11-8-10(4-5-10)7-9-3-1-2-6-12-9/h9H,1-7H2. The van der Waals surface area contributed by atoms with Gasteiger partial charge in [0.15, 0.2) is 0 Å². The fourth-order valence-corrected chi connectivity index (χ4v) is 1.92. The van der Waals surface area contributed by atoms with Gasteiger partial charge in [-0.05, 0) is 38.5 Å². The van der Waals surface area contributed by atoms with Crippen LogP contribution in [0.1, 0.15) is 38.5 Å². The van der Waals surface area contributed by atoms with E-state index >= 15 is 0 Å². The van der Waals surface area contributed by atoms with Crippen LogP contribution < -0.4 is 0 Å². The molecule has 66 valence electrons. The topological polar surface area (TPSA) is 33.0 Å². The predicted octanol–water partition coefficient (Wildman–Crippen LogP) is 2.25. The first-order chi connectivity index (χ1) is 5.85. The van der Waals surface area contributed by atoms with E-state index in [4.69, 9.17) is 10.00 Å². The molecular formula is C10H15NO. The molecule has 2 nitrogen and oxygen atoms in total. The summed E-state index contributed by atoms with van der Waals surface area (Å²) in [4.78, 5) is 0. The predicted molar refractivity (Wildman–Crippen MR) is 45.5 cm³/mol. The van der Waals surface area contributed by atoms with Gasteiger partial charge in [0.2, 0.25) is 0 Å². The average Bonchev–Trinajstić information content (AvgIpc) is 2.88. The zero-order valence-electron chi connectivity index (χ0n) is 7.38. The van der Waals surface area contributed by atoms with E-state index in [0.717, 1.165) is 25.9 Å². The van der Waals surface area contributed by atoms with Crippen molar-refractivity contribution >= 4 is 0 Å². The third-order valence-corrected chi connectivity index (χ3v) is 2.98. The summed E-state index contributed by atoms with van der Waals surface area (Å²) in [6, 6.07) is 2.42. The summed E-state index contributed by atoms with van der Waals surface area (Å²) in [5, 5.41) is 8.88. The Morgan fingerprint density at radius 2 is 2.25 bits per heavy atom. The molecule has 0 radical (unpaired) electrons. The molecule has 2 aliphatic rings. The summed E-state index contributed by atoms with van der Waals surface area (Å²) >= 11 is 0. The van der Waals surface area contributed by atoms with Crippen LogP contribution in [-0.4, -0.2) is 12.7 Å². The molecule has 0 spiro atoms. The minimum Gasteiger partial charge on any atom is -0.378 e. The smallest absolute Gasteiger partial charge is 0.0690 e. The van der Waals surface area contributed by atoms with E-state index in [1.54, 1.807) is 0 Å². The number of nitrogens with zero attached hydrogens (tertiary/aromatic N) is 1. The highest BCUT2D eigenvalue weighted by molar-refractivity contribution is 5.10. The lowest BCUT2D eigenvalue weighted by Gasteiger charge is -2.24. The third kappa shape index (κ3) is 1.61. The number of hydrogen-bond donors (Lipinski definition) is 0. The molecule has 2 fully saturated rings. The minimum atomic E-state index is 0.0298. The van der Waals surface area contributed by atoms with Crippen molar-refractivity contribution in [2.75, 3.05) is 6.61 Å². The van der Waals surface area contributed by atoms with Crippen molar-refractivity contribution in [2.45, 2.75) is 44.6 Å². The first kappa shape index (κ1) is 8.07. The van der Waals surface area contributed by atoms with Gasteiger partial charge in [0.05, 0.1) is 17.6 Å². The van der Waals surface area contributed by atoms with Crippen molar-refractivity contribution < 1.29 is 4.74 Å².